The van der Waals surface area contributed by atoms with Crippen molar-refractivity contribution in [2.45, 2.75) is 93.2 Å². The molecule has 0 saturated carbocycles. The van der Waals surface area contributed by atoms with Gasteiger partial charge in [0.2, 0.25) is 0 Å². The molecule has 0 saturated heterocycles. The monoisotopic (exact) mass is 1270 g/mol. The Morgan fingerprint density at radius 1 is 0.617 bits per heavy atom. The lowest BCUT2D eigenvalue weighted by Crippen LogP contribution is -2.41. The number of hydrogen-bond donors (Lipinski definition) is 1. The highest BCUT2D eigenvalue weighted by atomic mass is 16.6. The number of aryl methyl sites for hydroxylation is 3. The zero-order valence-electron chi connectivity index (χ0n) is 53.6. The predicted octanol–water partition coefficient (Wildman–Crippen LogP) is 12.0. The molecule has 94 heavy (non-hydrogen) atoms. The summed E-state index contributed by atoms with van der Waals surface area (Å²) in [5, 5.41) is 27.1. The van der Waals surface area contributed by atoms with Crippen molar-refractivity contribution in [3.05, 3.63) is 211 Å². The van der Waals surface area contributed by atoms with Gasteiger partial charge in [0.1, 0.15) is 102 Å². The number of hydrogen-bond acceptors (Lipinski definition) is 19. The van der Waals surface area contributed by atoms with Crippen molar-refractivity contribution in [3.63, 3.8) is 0 Å². The van der Waals surface area contributed by atoms with Gasteiger partial charge in [-0.15, -0.1) is 37.2 Å². The van der Waals surface area contributed by atoms with E-state index in [1.54, 1.807) is 162 Å². The molecule has 1 N–H and O–H groups in total. The molecule has 0 spiro atoms. The summed E-state index contributed by atoms with van der Waals surface area (Å²) in [7, 11) is 0. The van der Waals surface area contributed by atoms with Crippen LogP contribution < -0.4 is 29.3 Å². The third-order valence-electron chi connectivity index (χ3n) is 13.4. The molecule has 0 unspecified atom stereocenters. The average molecular weight is 1270 g/mol. The lowest BCUT2D eigenvalue weighted by Gasteiger charge is -2.26. The first-order chi connectivity index (χ1) is 45.1. The molecule has 0 fully saturated rings. The van der Waals surface area contributed by atoms with Gasteiger partial charge in [-0.1, -0.05) is 67.3 Å². The van der Waals surface area contributed by atoms with Gasteiger partial charge < -0.3 is 42.7 Å². The molecule has 482 valence electrons. The number of rotatable bonds is 8. The smallest absolute Gasteiger partial charge is 0.423 e. The van der Waals surface area contributed by atoms with E-state index >= 15 is 0 Å². The van der Waals surface area contributed by atoms with E-state index < -0.39 is 35.2 Å². The summed E-state index contributed by atoms with van der Waals surface area (Å²) in [5.41, 5.74) is 3.61. The van der Waals surface area contributed by atoms with Crippen LogP contribution in [0.1, 0.15) is 89.3 Å². The maximum atomic E-state index is 13.8. The molecule has 11 rings (SSSR count). The fourth-order valence-electron chi connectivity index (χ4n) is 9.20. The summed E-state index contributed by atoms with van der Waals surface area (Å²) in [4.78, 5) is 82.1. The van der Waals surface area contributed by atoms with E-state index in [0.29, 0.717) is 89.4 Å². The highest BCUT2D eigenvalue weighted by Gasteiger charge is 2.35. The second kappa shape index (κ2) is 29.9. The van der Waals surface area contributed by atoms with E-state index in [1.165, 1.54) is 0 Å². The third-order valence-corrected chi connectivity index (χ3v) is 13.4. The van der Waals surface area contributed by atoms with Crippen molar-refractivity contribution in [3.8, 4) is 51.8 Å². The molecule has 5 amide bonds. The largest absolute Gasteiger partial charge is 0.489 e. The van der Waals surface area contributed by atoms with Crippen LogP contribution in [-0.4, -0.2) is 120 Å². The molecule has 0 atom stereocenters. The fourth-order valence-corrected chi connectivity index (χ4v) is 9.20. The van der Waals surface area contributed by atoms with E-state index in [-0.39, 0.29) is 41.9 Å². The molecule has 25 heteroatoms. The topological polar surface area (TPSA) is 281 Å². The molecule has 4 bridgehead atoms. The second-order valence-electron chi connectivity index (χ2n) is 23.2. The van der Waals surface area contributed by atoms with Gasteiger partial charge in [0.05, 0.1) is 16.7 Å². The van der Waals surface area contributed by atoms with Crippen LogP contribution in [0.3, 0.4) is 0 Å². The number of fused-ring (bicyclic) bond motifs is 10. The van der Waals surface area contributed by atoms with Crippen molar-refractivity contribution in [2.75, 3.05) is 34.9 Å². The summed E-state index contributed by atoms with van der Waals surface area (Å²) < 4.78 is 34.0. The molecular weight excluding hydrogens is 1200 g/mol. The summed E-state index contributed by atoms with van der Waals surface area (Å²) in [6.07, 6.45) is 14.0. The minimum absolute atomic E-state index is 0.0742. The minimum Gasteiger partial charge on any atom is -0.489 e. The Balaban J connectivity index is 0.000000168. The maximum Gasteiger partial charge on any atom is 0.423 e. The Morgan fingerprint density at radius 3 is 1.80 bits per heavy atom. The highest BCUT2D eigenvalue weighted by Crippen LogP contribution is 2.31. The molecule has 2 aliphatic rings. The van der Waals surface area contributed by atoms with Gasteiger partial charge in [0.25, 0.3) is 17.7 Å². The summed E-state index contributed by atoms with van der Waals surface area (Å²) in [6.45, 7) is 25.9. The molecule has 9 aromatic rings. The Kier molecular flexibility index (Phi) is 21.2. The number of carbonyl (C=O) groups is 5. The third kappa shape index (κ3) is 17.0. The normalized spacial score (nSPS) is 13.5. The Bertz CT molecular complexity index is 4320. The Hall–Kier alpha value is -11.8. The molecule has 0 radical (unpaired) electrons. The van der Waals surface area contributed by atoms with Gasteiger partial charge >= 0.3 is 12.2 Å². The lowest BCUT2D eigenvalue weighted by molar-refractivity contribution is 0.0546. The van der Waals surface area contributed by atoms with Crippen molar-refractivity contribution >= 4 is 47.4 Å². The molecular formula is C69H71N15O10. The number of nitrogens with one attached hydrogen (secondary N) is 1. The van der Waals surface area contributed by atoms with Crippen LogP contribution in [0.2, 0.25) is 0 Å². The number of carbonyl (C=O) groups excluding carboxylic acids is 5. The van der Waals surface area contributed by atoms with Crippen LogP contribution in [0.5, 0.6) is 17.2 Å². The van der Waals surface area contributed by atoms with Crippen molar-refractivity contribution in [1.82, 2.24) is 59.2 Å². The van der Waals surface area contributed by atoms with E-state index in [1.807, 2.05) is 78.5 Å². The quantitative estimate of drug-likeness (QED) is 0.138. The van der Waals surface area contributed by atoms with E-state index in [4.69, 9.17) is 23.7 Å². The van der Waals surface area contributed by atoms with Gasteiger partial charge in [-0.05, 0) is 164 Å². The van der Waals surface area contributed by atoms with Crippen molar-refractivity contribution in [2.24, 2.45) is 0 Å². The van der Waals surface area contributed by atoms with E-state index in [2.05, 4.69) is 64.0 Å². The van der Waals surface area contributed by atoms with Crippen LogP contribution in [0.15, 0.2) is 178 Å². The van der Waals surface area contributed by atoms with Crippen LogP contribution in [-0.2, 0) is 29.1 Å². The van der Waals surface area contributed by atoms with Crippen LogP contribution in [0.25, 0.3) is 34.6 Å². The Labute approximate surface area is 543 Å². The number of amides is 5. The molecule has 3 aromatic carbocycles. The first kappa shape index (κ1) is 66.7. The first-order valence-corrected chi connectivity index (χ1v) is 29.8. The summed E-state index contributed by atoms with van der Waals surface area (Å²) in [5.74, 6) is 1.97. The van der Waals surface area contributed by atoms with Crippen molar-refractivity contribution < 1.29 is 47.7 Å². The van der Waals surface area contributed by atoms with Gasteiger partial charge in [-0.2, -0.15) is 9.80 Å². The molecule has 6 aromatic heterocycles. The highest BCUT2D eigenvalue weighted by molar-refractivity contribution is 6.21. The minimum atomic E-state index is -0.866. The van der Waals surface area contributed by atoms with Crippen molar-refractivity contribution in [1.29, 1.82) is 0 Å². The number of benzene rings is 3. The van der Waals surface area contributed by atoms with Gasteiger partial charge in [-0.3, -0.25) is 14.4 Å². The summed E-state index contributed by atoms with van der Waals surface area (Å²) in [6, 6.07) is 31.2. The first-order valence-electron chi connectivity index (χ1n) is 29.8. The summed E-state index contributed by atoms with van der Waals surface area (Å²) >= 11 is 0. The van der Waals surface area contributed by atoms with Gasteiger partial charge in [0, 0.05) is 19.6 Å². The number of aromatic nitrogens is 12. The van der Waals surface area contributed by atoms with Gasteiger partial charge in [-0.25, -0.2) is 24.5 Å². The predicted molar refractivity (Wildman–Crippen MR) is 352 cm³/mol. The number of ether oxygens (including phenoxy) is 5. The number of allylic oxidation sites excluding steroid dienone is 3. The Morgan fingerprint density at radius 2 is 1.17 bits per heavy atom. The van der Waals surface area contributed by atoms with Gasteiger partial charge in [0.15, 0.2) is 17.5 Å². The maximum absolute atomic E-state index is 13.8. The lowest BCUT2D eigenvalue weighted by atomic mass is 10.1. The van der Waals surface area contributed by atoms with E-state index in [0.717, 1.165) is 26.5 Å². The van der Waals surface area contributed by atoms with Crippen LogP contribution in [0, 0.1) is 20.8 Å². The standard InChI is InChI=1S/C26H29N5O4.C24H25N5O4.C19H17N5O2/c1-7-14-30-17-27-29-23(30)20-10-9-11-22(28-20)31(25(33)35-26(4,5)6)24(32)19-13-12-18(3)16-21(19)34-15-8-2;1-16-10-11-17-19(14-16)32-13-6-5-12-28-15-25-27-21(28)18-8-7-9-20(26-18)29(22(17)30)23(31)33-24(2,3)4;1-13-7-8-14-16(11-13)26-10-3-2-9-24-12-20-23-18(24)15-5-4-6-17(21-15)22-19(14)25/h7-13,16-17H,1-2,14-15H2,3-6H3;5-11,14-15H,12-13H2,1-4H3;2-8,11-12H,9-10H2,1H3,(H,21,22,25)/b;6-5+;3-2+. The molecule has 8 heterocycles. The number of anilines is 3. The zero-order chi connectivity index (χ0) is 67.1. The fraction of sp³-hybridized carbons (Fsp3) is 0.246. The molecule has 2 aliphatic heterocycles. The second-order valence-corrected chi connectivity index (χ2v) is 23.2. The van der Waals surface area contributed by atoms with E-state index in [9.17, 15) is 24.0 Å². The molecule has 25 nitrogen and oxygen atoms in total. The SMILES string of the molecule is C=CCOc1cc(C)ccc1C(=O)N(C(=O)OC(C)(C)C)c1cccc(-c2nncn2CC=C)n1.Cc1ccc2c(c1)OC/C=C/Cn1cnnc1-c1cccc(n1)N(C(=O)OC(C)(C)C)C2=O.Cc1ccc2c(c1)OC/C=C/Cn1cnnc1-c1cccc(n1)NC2=O. The number of nitrogens with zero attached hydrogens (tertiary/aromatic N) is 14. The van der Waals surface area contributed by atoms with Crippen LogP contribution in [0.4, 0.5) is 27.0 Å². The average Bonchev–Trinajstić information content (AvgIpc) is 1.10. The number of pyridine rings is 3. The molecule has 0 aliphatic carbocycles. The number of imide groups is 2. The zero-order valence-corrected chi connectivity index (χ0v) is 53.6. The van der Waals surface area contributed by atoms with Crippen LogP contribution >= 0.6 is 0 Å².